The average Bonchev–Trinajstić information content (AvgIpc) is 2.77. The van der Waals surface area contributed by atoms with Crippen LogP contribution in [0.15, 0.2) is 36.7 Å². The molecule has 2 N–H and O–H groups in total. The van der Waals surface area contributed by atoms with E-state index in [9.17, 15) is 0 Å². The number of rotatable bonds is 2. The van der Waals surface area contributed by atoms with Gasteiger partial charge in [-0.1, -0.05) is 30.4 Å². The highest BCUT2D eigenvalue weighted by Gasteiger charge is 2.11. The first kappa shape index (κ1) is 12.7. The van der Waals surface area contributed by atoms with E-state index in [0.717, 1.165) is 33.7 Å². The number of fused-ring (bicyclic) bond motifs is 1. The minimum Gasteiger partial charge on any atom is -0.389 e. The van der Waals surface area contributed by atoms with Crippen molar-refractivity contribution in [2.45, 2.75) is 13.8 Å². The van der Waals surface area contributed by atoms with Gasteiger partial charge in [-0.15, -0.1) is 0 Å². The Morgan fingerprint density at radius 1 is 1.25 bits per heavy atom. The topological polar surface area (TPSA) is 56.7 Å². The molecule has 4 nitrogen and oxygen atoms in total. The zero-order valence-electron chi connectivity index (χ0n) is 11.3. The molecule has 0 atom stereocenters. The first-order chi connectivity index (χ1) is 9.58. The lowest BCUT2D eigenvalue weighted by molar-refractivity contribution is 0.959. The maximum absolute atomic E-state index is 5.85. The summed E-state index contributed by atoms with van der Waals surface area (Å²) in [6.07, 6.45) is 1.77. The summed E-state index contributed by atoms with van der Waals surface area (Å²) in [7, 11) is 0. The predicted molar refractivity (Wildman–Crippen MR) is 84.2 cm³/mol. The Balaban J connectivity index is 2.33. The van der Waals surface area contributed by atoms with Gasteiger partial charge in [0.2, 0.25) is 0 Å². The molecular weight excluding hydrogens is 268 g/mol. The zero-order valence-corrected chi connectivity index (χ0v) is 12.1. The van der Waals surface area contributed by atoms with Crippen LogP contribution in [0, 0.1) is 13.8 Å². The standard InChI is InChI=1S/C15H14N4S/c1-9-10(2)19(8-17-9)14-7-12(15(16)20)11-5-3-4-6-13(11)18-14/h3-8H,1-2H3,(H2,16,20). The smallest absolute Gasteiger partial charge is 0.139 e. The van der Waals surface area contributed by atoms with Crippen molar-refractivity contribution >= 4 is 28.1 Å². The second-order valence-corrected chi connectivity index (χ2v) is 5.13. The number of pyridine rings is 1. The first-order valence-electron chi connectivity index (χ1n) is 6.28. The molecule has 0 bridgehead atoms. The van der Waals surface area contributed by atoms with Crippen LogP contribution in [0.3, 0.4) is 0 Å². The van der Waals surface area contributed by atoms with Gasteiger partial charge in [-0.05, 0) is 26.0 Å². The summed E-state index contributed by atoms with van der Waals surface area (Å²) < 4.78 is 1.95. The highest BCUT2D eigenvalue weighted by molar-refractivity contribution is 7.80. The number of hydrogen-bond donors (Lipinski definition) is 1. The number of benzene rings is 1. The van der Waals surface area contributed by atoms with Gasteiger partial charge in [0.1, 0.15) is 17.1 Å². The van der Waals surface area contributed by atoms with Crippen LogP contribution in [0.1, 0.15) is 17.0 Å². The Hall–Kier alpha value is -2.27. The van der Waals surface area contributed by atoms with Gasteiger partial charge in [0.05, 0.1) is 11.2 Å². The van der Waals surface area contributed by atoms with Crippen molar-refractivity contribution in [1.29, 1.82) is 0 Å². The van der Waals surface area contributed by atoms with E-state index in [4.69, 9.17) is 18.0 Å². The maximum atomic E-state index is 5.85. The van der Waals surface area contributed by atoms with E-state index in [0.29, 0.717) is 4.99 Å². The summed E-state index contributed by atoms with van der Waals surface area (Å²) in [5, 5.41) is 0.971. The molecule has 5 heteroatoms. The highest BCUT2D eigenvalue weighted by atomic mass is 32.1. The van der Waals surface area contributed by atoms with Gasteiger partial charge >= 0.3 is 0 Å². The molecule has 100 valence electrons. The molecule has 0 aliphatic carbocycles. The van der Waals surface area contributed by atoms with E-state index >= 15 is 0 Å². The Bertz CT molecular complexity index is 820. The molecule has 3 rings (SSSR count). The molecule has 0 fully saturated rings. The normalized spacial score (nSPS) is 10.9. The minimum absolute atomic E-state index is 0.374. The van der Waals surface area contributed by atoms with Crippen LogP contribution >= 0.6 is 12.2 Å². The van der Waals surface area contributed by atoms with Crippen molar-refractivity contribution in [3.8, 4) is 5.82 Å². The minimum atomic E-state index is 0.374. The van der Waals surface area contributed by atoms with Crippen LogP contribution in [0.5, 0.6) is 0 Å². The van der Waals surface area contributed by atoms with Crippen LogP contribution in [0.4, 0.5) is 0 Å². The van der Waals surface area contributed by atoms with Crippen molar-refractivity contribution in [2.75, 3.05) is 0 Å². The van der Waals surface area contributed by atoms with Crippen molar-refractivity contribution in [3.05, 3.63) is 53.6 Å². The van der Waals surface area contributed by atoms with Crippen molar-refractivity contribution < 1.29 is 0 Å². The van der Waals surface area contributed by atoms with Gasteiger partial charge in [0.25, 0.3) is 0 Å². The molecule has 0 saturated carbocycles. The molecule has 0 spiro atoms. The monoisotopic (exact) mass is 282 g/mol. The van der Waals surface area contributed by atoms with Gasteiger partial charge < -0.3 is 5.73 Å². The molecule has 1 aromatic carbocycles. The summed E-state index contributed by atoms with van der Waals surface area (Å²) in [5.41, 5.74) is 9.60. The number of aryl methyl sites for hydroxylation is 1. The zero-order chi connectivity index (χ0) is 14.3. The summed E-state index contributed by atoms with van der Waals surface area (Å²) in [4.78, 5) is 9.35. The fourth-order valence-electron chi connectivity index (χ4n) is 2.22. The number of para-hydroxylation sites is 1. The number of aromatic nitrogens is 3. The molecule has 0 radical (unpaired) electrons. The van der Waals surface area contributed by atoms with E-state index in [1.165, 1.54) is 0 Å². The largest absolute Gasteiger partial charge is 0.389 e. The number of thiocarbonyl (C=S) groups is 1. The quantitative estimate of drug-likeness (QED) is 0.734. The third-order valence-corrected chi connectivity index (χ3v) is 3.69. The fourth-order valence-corrected chi connectivity index (χ4v) is 2.39. The fraction of sp³-hybridized carbons (Fsp3) is 0.133. The Morgan fingerprint density at radius 3 is 2.65 bits per heavy atom. The Kier molecular flexibility index (Phi) is 2.99. The van der Waals surface area contributed by atoms with Gasteiger partial charge in [-0.2, -0.15) is 0 Å². The SMILES string of the molecule is Cc1ncn(-c2cc(C(N)=S)c3ccccc3n2)c1C. The second-order valence-electron chi connectivity index (χ2n) is 4.69. The van der Waals surface area contributed by atoms with Gasteiger partial charge in [0, 0.05) is 16.6 Å². The van der Waals surface area contributed by atoms with E-state index in [2.05, 4.69) is 9.97 Å². The number of hydrogen-bond acceptors (Lipinski definition) is 3. The first-order valence-corrected chi connectivity index (χ1v) is 6.69. The van der Waals surface area contributed by atoms with E-state index in [1.54, 1.807) is 6.33 Å². The van der Waals surface area contributed by atoms with Crippen molar-refractivity contribution in [2.24, 2.45) is 5.73 Å². The number of nitrogens with two attached hydrogens (primary N) is 1. The molecule has 3 aromatic rings. The third kappa shape index (κ3) is 1.96. The number of imidazole rings is 1. The Morgan fingerprint density at radius 2 is 2.00 bits per heavy atom. The van der Waals surface area contributed by atoms with E-state index in [1.807, 2.05) is 48.7 Å². The molecule has 2 aromatic heterocycles. The molecule has 0 aliphatic rings. The molecule has 0 unspecified atom stereocenters. The lowest BCUT2D eigenvalue weighted by atomic mass is 10.1. The number of nitrogens with zero attached hydrogens (tertiary/aromatic N) is 3. The summed E-state index contributed by atoms with van der Waals surface area (Å²) in [5.74, 6) is 0.782. The van der Waals surface area contributed by atoms with Gasteiger partial charge in [0.15, 0.2) is 0 Å². The van der Waals surface area contributed by atoms with E-state index < -0.39 is 0 Å². The molecular formula is C15H14N4S. The van der Waals surface area contributed by atoms with Crippen LogP contribution in [-0.4, -0.2) is 19.5 Å². The summed E-state index contributed by atoms with van der Waals surface area (Å²) >= 11 is 5.16. The summed E-state index contributed by atoms with van der Waals surface area (Å²) in [6, 6.07) is 9.76. The third-order valence-electron chi connectivity index (χ3n) is 3.47. The van der Waals surface area contributed by atoms with Gasteiger partial charge in [-0.3, -0.25) is 4.57 Å². The van der Waals surface area contributed by atoms with Crippen molar-refractivity contribution in [3.63, 3.8) is 0 Å². The Labute approximate surface area is 122 Å². The average molecular weight is 282 g/mol. The van der Waals surface area contributed by atoms with Crippen molar-refractivity contribution in [1.82, 2.24) is 14.5 Å². The molecule has 0 saturated heterocycles. The van der Waals surface area contributed by atoms with Crippen LogP contribution in [0.2, 0.25) is 0 Å². The summed E-state index contributed by atoms with van der Waals surface area (Å²) in [6.45, 7) is 3.99. The lowest BCUT2D eigenvalue weighted by Gasteiger charge is -2.10. The molecule has 0 aliphatic heterocycles. The molecule has 0 amide bonds. The second kappa shape index (κ2) is 4.68. The molecule has 20 heavy (non-hydrogen) atoms. The van der Waals surface area contributed by atoms with Crippen LogP contribution in [-0.2, 0) is 0 Å². The van der Waals surface area contributed by atoms with Crippen LogP contribution in [0.25, 0.3) is 16.7 Å². The predicted octanol–water partition coefficient (Wildman–Crippen LogP) is 2.67. The highest BCUT2D eigenvalue weighted by Crippen LogP contribution is 2.21. The van der Waals surface area contributed by atoms with Gasteiger partial charge in [-0.25, -0.2) is 9.97 Å². The maximum Gasteiger partial charge on any atom is 0.139 e. The van der Waals surface area contributed by atoms with Crippen LogP contribution < -0.4 is 5.73 Å². The van der Waals surface area contributed by atoms with E-state index in [-0.39, 0.29) is 0 Å². The lowest BCUT2D eigenvalue weighted by Crippen LogP contribution is -2.12. The molecule has 2 heterocycles.